The Morgan fingerprint density at radius 3 is 2.76 bits per heavy atom. The Balaban J connectivity index is 2.37. The predicted octanol–water partition coefficient (Wildman–Crippen LogP) is 1.75. The van der Waals surface area contributed by atoms with Gasteiger partial charge in [0, 0.05) is 17.3 Å². The summed E-state index contributed by atoms with van der Waals surface area (Å²) in [5, 5.41) is 10.5. The van der Waals surface area contributed by atoms with Crippen LogP contribution in [0.15, 0.2) is 29.3 Å². The Kier molecular flexibility index (Phi) is 2.22. The lowest BCUT2D eigenvalue weighted by Crippen LogP contribution is -2.08. The van der Waals surface area contributed by atoms with E-state index < -0.39 is 0 Å². The van der Waals surface area contributed by atoms with Crippen LogP contribution >= 0.6 is 11.3 Å². The van der Waals surface area contributed by atoms with Crippen molar-refractivity contribution in [3.05, 3.63) is 40.4 Å². The second kappa shape index (κ2) is 3.74. The molecule has 0 atom stereocenters. The number of aromatic nitrogens is 4. The molecule has 0 bridgehead atoms. The predicted molar refractivity (Wildman–Crippen MR) is 66.0 cm³/mol. The van der Waals surface area contributed by atoms with E-state index in [9.17, 15) is 4.79 Å². The van der Waals surface area contributed by atoms with Crippen LogP contribution in [0.1, 0.15) is 5.56 Å². The molecule has 0 unspecified atom stereocenters. The van der Waals surface area contributed by atoms with Crippen molar-refractivity contribution in [2.75, 3.05) is 0 Å². The highest BCUT2D eigenvalue weighted by Crippen LogP contribution is 2.34. The van der Waals surface area contributed by atoms with E-state index in [0.29, 0.717) is 10.2 Å². The molecule has 0 aromatic carbocycles. The van der Waals surface area contributed by atoms with E-state index in [0.717, 1.165) is 16.0 Å². The molecule has 0 fully saturated rings. The van der Waals surface area contributed by atoms with Crippen LogP contribution in [-0.2, 0) is 0 Å². The van der Waals surface area contributed by atoms with Crippen LogP contribution in [0.4, 0.5) is 0 Å². The van der Waals surface area contributed by atoms with Gasteiger partial charge in [-0.3, -0.25) is 9.78 Å². The molecule has 3 aromatic rings. The van der Waals surface area contributed by atoms with Gasteiger partial charge in [-0.05, 0) is 30.2 Å². The summed E-state index contributed by atoms with van der Waals surface area (Å²) in [6.07, 6.45) is 3.46. The van der Waals surface area contributed by atoms with E-state index in [-0.39, 0.29) is 5.56 Å². The van der Waals surface area contributed by atoms with Crippen LogP contribution in [0.5, 0.6) is 0 Å². The smallest absolute Gasteiger partial charge is 0.267 e. The first-order valence-electron chi connectivity index (χ1n) is 5.02. The zero-order chi connectivity index (χ0) is 11.8. The maximum atomic E-state index is 11.7. The van der Waals surface area contributed by atoms with Crippen molar-refractivity contribution in [3.8, 4) is 10.4 Å². The standard InChI is InChI=1S/C11H8N4OS/c1-6-8-10(16)13-15-14-11(8)17-9(6)7-2-4-12-5-3-7/h2-5H,1H3,(H,13,14,16). The van der Waals surface area contributed by atoms with Gasteiger partial charge in [0.25, 0.3) is 5.56 Å². The van der Waals surface area contributed by atoms with E-state index >= 15 is 0 Å². The number of nitrogens with zero attached hydrogens (tertiary/aromatic N) is 3. The number of rotatable bonds is 1. The second-order valence-corrected chi connectivity index (χ2v) is 4.61. The van der Waals surface area contributed by atoms with Gasteiger partial charge in [0.1, 0.15) is 0 Å². The first-order chi connectivity index (χ1) is 8.27. The summed E-state index contributed by atoms with van der Waals surface area (Å²) in [5.41, 5.74) is 1.79. The number of aromatic amines is 1. The van der Waals surface area contributed by atoms with Gasteiger partial charge in [0.15, 0.2) is 4.83 Å². The van der Waals surface area contributed by atoms with Crippen LogP contribution in [-0.4, -0.2) is 20.4 Å². The van der Waals surface area contributed by atoms with E-state index in [1.807, 2.05) is 19.1 Å². The fourth-order valence-corrected chi connectivity index (χ4v) is 2.92. The van der Waals surface area contributed by atoms with Gasteiger partial charge < -0.3 is 0 Å². The summed E-state index contributed by atoms with van der Waals surface area (Å²) in [4.78, 5) is 17.4. The van der Waals surface area contributed by atoms with Crippen molar-refractivity contribution in [3.63, 3.8) is 0 Å². The molecule has 0 radical (unpaired) electrons. The highest BCUT2D eigenvalue weighted by molar-refractivity contribution is 7.22. The van der Waals surface area contributed by atoms with Crippen molar-refractivity contribution in [2.24, 2.45) is 0 Å². The first-order valence-corrected chi connectivity index (χ1v) is 5.84. The van der Waals surface area contributed by atoms with Crippen molar-refractivity contribution in [1.29, 1.82) is 0 Å². The third-order valence-electron chi connectivity index (χ3n) is 2.59. The Labute approximate surface area is 100 Å². The van der Waals surface area contributed by atoms with E-state index in [1.54, 1.807) is 12.4 Å². The minimum atomic E-state index is -0.191. The lowest BCUT2D eigenvalue weighted by Gasteiger charge is -1.97. The fraction of sp³-hybridized carbons (Fsp3) is 0.0909. The Morgan fingerprint density at radius 1 is 1.29 bits per heavy atom. The molecule has 3 rings (SSSR count). The maximum Gasteiger partial charge on any atom is 0.276 e. The van der Waals surface area contributed by atoms with E-state index in [2.05, 4.69) is 20.4 Å². The van der Waals surface area contributed by atoms with Gasteiger partial charge in [-0.25, -0.2) is 5.10 Å². The van der Waals surface area contributed by atoms with E-state index in [1.165, 1.54) is 11.3 Å². The molecular weight excluding hydrogens is 236 g/mol. The molecule has 0 spiro atoms. The minimum Gasteiger partial charge on any atom is -0.267 e. The Bertz CT molecular complexity index is 732. The van der Waals surface area contributed by atoms with Gasteiger partial charge in [-0.1, -0.05) is 5.21 Å². The molecule has 0 amide bonds. The lowest BCUT2D eigenvalue weighted by atomic mass is 10.1. The third kappa shape index (κ3) is 1.53. The van der Waals surface area contributed by atoms with Crippen molar-refractivity contribution in [1.82, 2.24) is 20.4 Å². The number of nitrogens with one attached hydrogen (secondary N) is 1. The van der Waals surface area contributed by atoms with Crippen molar-refractivity contribution < 1.29 is 0 Å². The molecule has 0 saturated carbocycles. The van der Waals surface area contributed by atoms with Gasteiger partial charge in [-0.15, -0.1) is 16.4 Å². The summed E-state index contributed by atoms with van der Waals surface area (Å²) in [5.74, 6) is 0. The van der Waals surface area contributed by atoms with Crippen molar-refractivity contribution in [2.45, 2.75) is 6.92 Å². The summed E-state index contributed by atoms with van der Waals surface area (Å²) in [6, 6.07) is 3.83. The topological polar surface area (TPSA) is 71.5 Å². The average Bonchev–Trinajstić information content (AvgIpc) is 2.69. The number of thiophene rings is 1. The van der Waals surface area contributed by atoms with Gasteiger partial charge in [0.2, 0.25) is 0 Å². The number of hydrogen-bond acceptors (Lipinski definition) is 5. The van der Waals surface area contributed by atoms with Crippen LogP contribution < -0.4 is 5.56 Å². The number of fused-ring (bicyclic) bond motifs is 1. The molecule has 0 saturated heterocycles. The minimum absolute atomic E-state index is 0.191. The van der Waals surface area contributed by atoms with Crippen molar-refractivity contribution >= 4 is 21.6 Å². The van der Waals surface area contributed by atoms with Crippen LogP contribution in [0.25, 0.3) is 20.7 Å². The number of H-pyrrole nitrogens is 1. The molecule has 0 aliphatic heterocycles. The molecule has 84 valence electrons. The number of pyridine rings is 1. The molecule has 3 heterocycles. The van der Waals surface area contributed by atoms with Crippen LogP contribution in [0, 0.1) is 6.92 Å². The zero-order valence-corrected chi connectivity index (χ0v) is 9.78. The number of aryl methyl sites for hydroxylation is 1. The first kappa shape index (κ1) is 10.1. The summed E-state index contributed by atoms with van der Waals surface area (Å²) >= 11 is 1.47. The summed E-state index contributed by atoms with van der Waals surface area (Å²) in [6.45, 7) is 1.92. The second-order valence-electron chi connectivity index (χ2n) is 3.61. The van der Waals surface area contributed by atoms with E-state index in [4.69, 9.17) is 0 Å². The van der Waals surface area contributed by atoms with Crippen LogP contribution in [0.2, 0.25) is 0 Å². The highest BCUT2D eigenvalue weighted by Gasteiger charge is 2.13. The quantitative estimate of drug-likeness (QED) is 0.708. The molecule has 0 aliphatic rings. The molecule has 17 heavy (non-hydrogen) atoms. The summed E-state index contributed by atoms with van der Waals surface area (Å²) < 4.78 is 0. The molecule has 5 nitrogen and oxygen atoms in total. The largest absolute Gasteiger partial charge is 0.276 e. The van der Waals surface area contributed by atoms with Crippen LogP contribution in [0.3, 0.4) is 0 Å². The lowest BCUT2D eigenvalue weighted by molar-refractivity contribution is 0.876. The highest BCUT2D eigenvalue weighted by atomic mass is 32.1. The zero-order valence-electron chi connectivity index (χ0n) is 8.97. The third-order valence-corrected chi connectivity index (χ3v) is 3.82. The van der Waals surface area contributed by atoms with Gasteiger partial charge in [-0.2, -0.15) is 0 Å². The maximum absolute atomic E-state index is 11.7. The monoisotopic (exact) mass is 244 g/mol. The number of hydrogen-bond donors (Lipinski definition) is 1. The molecule has 6 heteroatoms. The molecule has 0 aliphatic carbocycles. The molecule has 3 aromatic heterocycles. The normalized spacial score (nSPS) is 10.9. The van der Waals surface area contributed by atoms with Gasteiger partial charge in [0.05, 0.1) is 5.39 Å². The Morgan fingerprint density at radius 2 is 2.06 bits per heavy atom. The molecular formula is C11H8N4OS. The average molecular weight is 244 g/mol. The fourth-order valence-electron chi connectivity index (χ4n) is 1.79. The summed E-state index contributed by atoms with van der Waals surface area (Å²) in [7, 11) is 0. The Hall–Kier alpha value is -2.08. The van der Waals surface area contributed by atoms with Gasteiger partial charge >= 0.3 is 0 Å². The SMILES string of the molecule is Cc1c(-c2ccncc2)sc2nn[nH]c(=O)c12. The molecule has 1 N–H and O–H groups in total.